The number of benzene rings is 1. The monoisotopic (exact) mass is 392 g/mol. The molecule has 0 saturated carbocycles. The van der Waals surface area contributed by atoms with Crippen molar-refractivity contribution in [2.75, 3.05) is 0 Å². The van der Waals surface area contributed by atoms with E-state index in [-0.39, 0.29) is 16.9 Å². The standard InChI is InChI=1S/C18H21BrN2O3/c1-7-11(2)15(20-6)21-16(22)13-9-8-12(19)10-14(13)17(23)24-18(3,4)5/h7-10H,1,6H2,2-5H3,(H,21,22)/b15-11+. The first-order valence-electron chi connectivity index (χ1n) is 7.23. The van der Waals surface area contributed by atoms with Gasteiger partial charge in [0, 0.05) is 4.47 Å². The zero-order valence-corrected chi connectivity index (χ0v) is 15.9. The van der Waals surface area contributed by atoms with Crippen molar-refractivity contribution >= 4 is 34.5 Å². The number of carbonyl (C=O) groups is 2. The molecule has 5 nitrogen and oxygen atoms in total. The van der Waals surface area contributed by atoms with Gasteiger partial charge >= 0.3 is 5.97 Å². The quantitative estimate of drug-likeness (QED) is 0.462. The second kappa shape index (κ2) is 8.06. The second-order valence-electron chi connectivity index (χ2n) is 6.04. The van der Waals surface area contributed by atoms with Crippen molar-refractivity contribution in [2.45, 2.75) is 33.3 Å². The third-order valence-corrected chi connectivity index (χ3v) is 3.41. The highest BCUT2D eigenvalue weighted by Crippen LogP contribution is 2.21. The first-order valence-corrected chi connectivity index (χ1v) is 8.02. The Balaban J connectivity index is 3.25. The number of rotatable bonds is 5. The maximum Gasteiger partial charge on any atom is 0.339 e. The fraction of sp³-hybridized carbons (Fsp3) is 0.278. The number of ether oxygens (including phenoxy) is 1. The van der Waals surface area contributed by atoms with E-state index in [9.17, 15) is 9.59 Å². The van der Waals surface area contributed by atoms with Gasteiger partial charge in [0.15, 0.2) is 0 Å². The van der Waals surface area contributed by atoms with Crippen molar-refractivity contribution in [3.63, 3.8) is 0 Å². The number of hydrogen-bond donors (Lipinski definition) is 1. The van der Waals surface area contributed by atoms with E-state index in [1.165, 1.54) is 0 Å². The highest BCUT2D eigenvalue weighted by Gasteiger charge is 2.23. The van der Waals surface area contributed by atoms with Crippen LogP contribution in [0.3, 0.4) is 0 Å². The van der Waals surface area contributed by atoms with Crippen LogP contribution in [0.5, 0.6) is 0 Å². The number of halogens is 1. The van der Waals surface area contributed by atoms with Crippen molar-refractivity contribution in [1.29, 1.82) is 0 Å². The van der Waals surface area contributed by atoms with Crippen molar-refractivity contribution in [3.8, 4) is 0 Å². The molecular weight excluding hydrogens is 372 g/mol. The number of nitrogens with one attached hydrogen (secondary N) is 1. The van der Waals surface area contributed by atoms with Crippen LogP contribution in [-0.2, 0) is 4.74 Å². The molecule has 1 aromatic rings. The minimum Gasteiger partial charge on any atom is -0.456 e. The highest BCUT2D eigenvalue weighted by molar-refractivity contribution is 9.10. The van der Waals surface area contributed by atoms with Crippen LogP contribution in [0.25, 0.3) is 0 Å². The predicted octanol–water partition coefficient (Wildman–Crippen LogP) is 4.25. The van der Waals surface area contributed by atoms with Crippen LogP contribution in [0.15, 0.2) is 51.7 Å². The fourth-order valence-electron chi connectivity index (χ4n) is 1.75. The molecule has 0 saturated heterocycles. The number of nitrogens with zero attached hydrogens (tertiary/aromatic N) is 1. The smallest absolute Gasteiger partial charge is 0.339 e. The Morgan fingerprint density at radius 1 is 1.29 bits per heavy atom. The lowest BCUT2D eigenvalue weighted by Crippen LogP contribution is -2.28. The SMILES string of the molecule is C=C/C(C)=C(\N=C)NC(=O)c1ccc(Br)cc1C(=O)OC(C)(C)C. The molecule has 128 valence electrons. The number of carbonyl (C=O) groups excluding carboxylic acids is 2. The van der Waals surface area contributed by atoms with Gasteiger partial charge in [-0.2, -0.15) is 0 Å². The lowest BCUT2D eigenvalue weighted by Gasteiger charge is -2.20. The first kappa shape index (κ1) is 19.8. The van der Waals surface area contributed by atoms with Gasteiger partial charge in [-0.25, -0.2) is 9.79 Å². The molecular formula is C18H21BrN2O3. The van der Waals surface area contributed by atoms with E-state index in [0.717, 1.165) is 0 Å². The molecule has 0 aliphatic rings. The van der Waals surface area contributed by atoms with Gasteiger partial charge in [0.25, 0.3) is 5.91 Å². The van der Waals surface area contributed by atoms with Gasteiger partial charge in [-0.1, -0.05) is 28.6 Å². The Bertz CT molecular complexity index is 715. The van der Waals surface area contributed by atoms with Crippen LogP contribution >= 0.6 is 15.9 Å². The summed E-state index contributed by atoms with van der Waals surface area (Å²) in [4.78, 5) is 28.7. The number of esters is 1. The van der Waals surface area contributed by atoms with Crippen LogP contribution in [0.2, 0.25) is 0 Å². The molecule has 0 atom stereocenters. The number of amides is 1. The molecule has 6 heteroatoms. The highest BCUT2D eigenvalue weighted by atomic mass is 79.9. The average molecular weight is 393 g/mol. The summed E-state index contributed by atoms with van der Waals surface area (Å²) < 4.78 is 6.03. The van der Waals surface area contributed by atoms with E-state index in [1.54, 1.807) is 52.0 Å². The number of aliphatic imine (C=N–C) groups is 1. The van der Waals surface area contributed by atoms with Gasteiger partial charge in [-0.15, -0.1) is 0 Å². The molecule has 0 aliphatic carbocycles. The van der Waals surface area contributed by atoms with Crippen molar-refractivity contribution < 1.29 is 14.3 Å². The maximum absolute atomic E-state index is 12.5. The zero-order chi connectivity index (χ0) is 18.5. The van der Waals surface area contributed by atoms with Crippen LogP contribution in [0.4, 0.5) is 0 Å². The molecule has 0 heterocycles. The average Bonchev–Trinajstić information content (AvgIpc) is 2.49. The number of hydrogen-bond acceptors (Lipinski definition) is 4. The topological polar surface area (TPSA) is 67.8 Å². The molecule has 0 aromatic heterocycles. The second-order valence-corrected chi connectivity index (χ2v) is 6.96. The molecule has 1 rings (SSSR count). The third kappa shape index (κ3) is 5.45. The van der Waals surface area contributed by atoms with Gasteiger partial charge in [0.1, 0.15) is 11.4 Å². The molecule has 0 unspecified atom stereocenters. The van der Waals surface area contributed by atoms with Crippen molar-refractivity contribution in [3.05, 3.63) is 57.8 Å². The lowest BCUT2D eigenvalue weighted by atomic mass is 10.1. The Morgan fingerprint density at radius 3 is 2.42 bits per heavy atom. The Hall–Kier alpha value is -2.21. The molecule has 0 fully saturated rings. The summed E-state index contributed by atoms with van der Waals surface area (Å²) in [6, 6.07) is 4.77. The molecule has 24 heavy (non-hydrogen) atoms. The minimum absolute atomic E-state index is 0.163. The molecule has 0 radical (unpaired) electrons. The van der Waals surface area contributed by atoms with Gasteiger partial charge in [0.05, 0.1) is 11.1 Å². The Labute approximate surface area is 150 Å². The summed E-state index contributed by atoms with van der Waals surface area (Å²) in [5.41, 5.74) is 0.344. The van der Waals surface area contributed by atoms with Gasteiger partial charge in [-0.3, -0.25) is 4.79 Å². The van der Waals surface area contributed by atoms with Crippen molar-refractivity contribution in [1.82, 2.24) is 5.32 Å². The minimum atomic E-state index is -0.666. The first-order chi connectivity index (χ1) is 11.1. The van der Waals surface area contributed by atoms with Gasteiger partial charge < -0.3 is 10.1 Å². The Kier molecular flexibility index (Phi) is 6.66. The summed E-state index contributed by atoms with van der Waals surface area (Å²) in [5, 5.41) is 2.63. The zero-order valence-electron chi connectivity index (χ0n) is 14.3. The van der Waals surface area contributed by atoms with E-state index in [0.29, 0.717) is 10.0 Å². The van der Waals surface area contributed by atoms with E-state index >= 15 is 0 Å². The maximum atomic E-state index is 12.5. The summed E-state index contributed by atoms with van der Waals surface area (Å²) in [5.74, 6) is -0.772. The van der Waals surface area contributed by atoms with Crippen LogP contribution in [-0.4, -0.2) is 24.2 Å². The van der Waals surface area contributed by atoms with E-state index in [4.69, 9.17) is 4.74 Å². The Morgan fingerprint density at radius 2 is 1.92 bits per heavy atom. The molecule has 0 spiro atoms. The summed E-state index contributed by atoms with van der Waals surface area (Å²) in [7, 11) is 0. The summed E-state index contributed by atoms with van der Waals surface area (Å²) in [6.45, 7) is 14.1. The summed E-state index contributed by atoms with van der Waals surface area (Å²) in [6.07, 6.45) is 1.56. The summed E-state index contributed by atoms with van der Waals surface area (Å²) >= 11 is 3.30. The van der Waals surface area contributed by atoms with E-state index < -0.39 is 17.5 Å². The van der Waals surface area contributed by atoms with Crippen molar-refractivity contribution in [2.24, 2.45) is 4.99 Å². The molecule has 1 aromatic carbocycles. The molecule has 0 bridgehead atoms. The van der Waals surface area contributed by atoms with Gasteiger partial charge in [0.2, 0.25) is 0 Å². The normalized spacial score (nSPS) is 12.0. The predicted molar refractivity (Wildman–Crippen MR) is 99.2 cm³/mol. The van der Waals surface area contributed by atoms with Gasteiger partial charge in [-0.05, 0) is 58.2 Å². The molecule has 1 N–H and O–H groups in total. The number of allylic oxidation sites excluding steroid dienone is 2. The third-order valence-electron chi connectivity index (χ3n) is 2.91. The van der Waals surface area contributed by atoms with E-state index in [2.05, 4.69) is 39.5 Å². The van der Waals surface area contributed by atoms with E-state index in [1.807, 2.05) is 0 Å². The lowest BCUT2D eigenvalue weighted by molar-refractivity contribution is 0.00675. The van der Waals surface area contributed by atoms with Crippen LogP contribution in [0.1, 0.15) is 48.4 Å². The van der Waals surface area contributed by atoms with Crippen LogP contribution < -0.4 is 5.32 Å². The van der Waals surface area contributed by atoms with Crippen LogP contribution in [0, 0.1) is 0 Å². The fourth-order valence-corrected chi connectivity index (χ4v) is 2.11. The molecule has 0 aliphatic heterocycles. The largest absolute Gasteiger partial charge is 0.456 e. The molecule has 1 amide bonds.